The molecule has 0 spiro atoms. The highest BCUT2D eigenvalue weighted by atomic mass is 19.3. The number of amides is 2. The average Bonchev–Trinajstić information content (AvgIpc) is 2.97. The molecule has 0 radical (unpaired) electrons. The van der Waals surface area contributed by atoms with Crippen LogP contribution in [0.1, 0.15) is 48.0 Å². The van der Waals surface area contributed by atoms with Crippen LogP contribution in [-0.2, 0) is 4.79 Å². The van der Waals surface area contributed by atoms with Crippen LogP contribution in [0.2, 0.25) is 0 Å². The molecule has 4 bridgehead atoms. The minimum Gasteiger partial charge on any atom is -0.326 e. The lowest BCUT2D eigenvalue weighted by Gasteiger charge is -2.39. The summed E-state index contributed by atoms with van der Waals surface area (Å²) in [7, 11) is 0. The van der Waals surface area contributed by atoms with Crippen LogP contribution in [0.5, 0.6) is 0 Å². The summed E-state index contributed by atoms with van der Waals surface area (Å²) in [5, 5.41) is 3.03. The van der Waals surface area contributed by atoms with Gasteiger partial charge >= 0.3 is 0 Å². The van der Waals surface area contributed by atoms with Gasteiger partial charge in [-0.25, -0.2) is 8.78 Å². The van der Waals surface area contributed by atoms with Crippen molar-refractivity contribution < 1.29 is 18.4 Å². The van der Waals surface area contributed by atoms with E-state index in [1.807, 2.05) is 6.92 Å². The van der Waals surface area contributed by atoms with Gasteiger partial charge in [-0.15, -0.1) is 0 Å². The van der Waals surface area contributed by atoms with E-state index in [1.54, 1.807) is 18.2 Å². The van der Waals surface area contributed by atoms with Crippen molar-refractivity contribution in [3.05, 3.63) is 29.3 Å². The van der Waals surface area contributed by atoms with E-state index in [0.717, 1.165) is 36.1 Å². The number of halogens is 2. The molecule has 6 heteroatoms. The highest BCUT2D eigenvalue weighted by Gasteiger charge is 2.61. The number of carbonyl (C=O) groups excluding carboxylic acids is 2. The van der Waals surface area contributed by atoms with Crippen molar-refractivity contribution in [2.24, 2.45) is 23.2 Å². The van der Waals surface area contributed by atoms with Crippen LogP contribution < -0.4 is 5.32 Å². The number of carbonyl (C=O) groups is 2. The smallest absolute Gasteiger partial charge is 0.282 e. The Balaban J connectivity index is 1.40. The van der Waals surface area contributed by atoms with Gasteiger partial charge in [0.1, 0.15) is 0 Å². The third-order valence-corrected chi connectivity index (χ3v) is 7.23. The van der Waals surface area contributed by atoms with Gasteiger partial charge in [-0.1, -0.05) is 6.07 Å². The van der Waals surface area contributed by atoms with Crippen LogP contribution in [-0.4, -0.2) is 35.7 Å². The van der Waals surface area contributed by atoms with Gasteiger partial charge in [0.15, 0.2) is 0 Å². The molecule has 1 saturated heterocycles. The SMILES string of the molecule is Cc1ccc(C(=O)N2CC(F)(F)C2)c(NC(=O)C23CC4CC(CC2C4)C3)c1. The maximum absolute atomic E-state index is 13.3. The molecule has 5 fully saturated rings. The summed E-state index contributed by atoms with van der Waals surface area (Å²) in [5.41, 5.74) is 1.39. The van der Waals surface area contributed by atoms with Gasteiger partial charge in [-0.2, -0.15) is 0 Å². The fourth-order valence-corrected chi connectivity index (χ4v) is 6.19. The minimum atomic E-state index is -2.80. The highest BCUT2D eigenvalue weighted by molar-refractivity contribution is 6.05. The Bertz CT molecular complexity index is 815. The largest absolute Gasteiger partial charge is 0.326 e. The molecule has 2 amide bonds. The number of nitrogens with zero attached hydrogens (tertiary/aromatic N) is 1. The van der Waals surface area contributed by atoms with Crippen molar-refractivity contribution >= 4 is 17.5 Å². The Morgan fingerprint density at radius 3 is 2.41 bits per heavy atom. The van der Waals surface area contributed by atoms with Crippen LogP contribution in [0.25, 0.3) is 0 Å². The van der Waals surface area contributed by atoms with E-state index in [-0.39, 0.29) is 11.3 Å². The quantitative estimate of drug-likeness (QED) is 0.874. The Labute approximate surface area is 157 Å². The minimum absolute atomic E-state index is 0.0192. The van der Waals surface area contributed by atoms with Crippen LogP contribution in [0.3, 0.4) is 0 Å². The Morgan fingerprint density at radius 2 is 1.78 bits per heavy atom. The Kier molecular flexibility index (Phi) is 3.50. The lowest BCUT2D eigenvalue weighted by Crippen LogP contribution is -2.58. The van der Waals surface area contributed by atoms with Crippen LogP contribution in [0.15, 0.2) is 18.2 Å². The van der Waals surface area contributed by atoms with Crippen molar-refractivity contribution in [2.75, 3.05) is 18.4 Å². The average molecular weight is 374 g/mol. The number of rotatable bonds is 3. The van der Waals surface area contributed by atoms with E-state index in [2.05, 4.69) is 5.32 Å². The van der Waals surface area contributed by atoms with Gasteiger partial charge < -0.3 is 10.2 Å². The summed E-state index contributed by atoms with van der Waals surface area (Å²) < 4.78 is 26.3. The molecule has 2 atom stereocenters. The van der Waals surface area contributed by atoms with Gasteiger partial charge in [0, 0.05) is 0 Å². The van der Waals surface area contributed by atoms with Crippen molar-refractivity contribution in [3.63, 3.8) is 0 Å². The van der Waals surface area contributed by atoms with Gasteiger partial charge in [0.2, 0.25) is 5.91 Å². The molecule has 5 aliphatic rings. The number of hydrogen-bond donors (Lipinski definition) is 1. The summed E-state index contributed by atoms with van der Waals surface area (Å²) in [6.07, 6.45) is 5.45. The molecule has 2 unspecified atom stereocenters. The number of benzene rings is 1. The van der Waals surface area contributed by atoms with Crippen molar-refractivity contribution in [1.29, 1.82) is 0 Å². The first-order valence-corrected chi connectivity index (χ1v) is 9.85. The molecule has 4 saturated carbocycles. The molecule has 1 aromatic rings. The highest BCUT2D eigenvalue weighted by Crippen LogP contribution is 2.65. The third kappa shape index (κ3) is 2.59. The van der Waals surface area contributed by atoms with Crippen molar-refractivity contribution in [2.45, 2.75) is 45.0 Å². The van der Waals surface area contributed by atoms with Gasteiger partial charge in [-0.05, 0) is 74.5 Å². The Hall–Kier alpha value is -1.98. The first kappa shape index (κ1) is 17.1. The number of alkyl halides is 2. The molecule has 1 N–H and O–H groups in total. The molecular formula is C21H24F2N2O2. The van der Waals surface area contributed by atoms with E-state index in [0.29, 0.717) is 29.0 Å². The van der Waals surface area contributed by atoms with E-state index in [1.165, 1.54) is 6.42 Å². The standard InChI is InChI=1S/C21H24F2N2O2/c1-12-2-3-16(18(26)25-10-21(22,23)11-25)17(4-12)24-19(27)20-8-13-5-14(9-20)7-15(20)6-13/h2-4,13-15H,5-11H2,1H3,(H,24,27). The first-order chi connectivity index (χ1) is 12.8. The maximum Gasteiger partial charge on any atom is 0.282 e. The van der Waals surface area contributed by atoms with Gasteiger partial charge in [0.05, 0.1) is 29.8 Å². The maximum atomic E-state index is 13.3. The normalized spacial score (nSPS) is 35.2. The number of nitrogens with one attached hydrogen (secondary N) is 1. The fraction of sp³-hybridized carbons (Fsp3) is 0.619. The molecule has 1 heterocycles. The zero-order chi connectivity index (χ0) is 19.0. The molecular weight excluding hydrogens is 350 g/mol. The van der Waals surface area contributed by atoms with E-state index < -0.39 is 24.9 Å². The second-order valence-electron chi connectivity index (χ2n) is 9.22. The summed E-state index contributed by atoms with van der Waals surface area (Å²) in [5.74, 6) is -1.44. The van der Waals surface area contributed by atoms with Gasteiger partial charge in [0.25, 0.3) is 11.8 Å². The number of likely N-dealkylation sites (tertiary alicyclic amines) is 1. The molecule has 1 aliphatic heterocycles. The summed E-state index contributed by atoms with van der Waals surface area (Å²) in [4.78, 5) is 27.1. The molecule has 4 aliphatic carbocycles. The Morgan fingerprint density at radius 1 is 1.11 bits per heavy atom. The number of hydrogen-bond acceptors (Lipinski definition) is 2. The van der Waals surface area contributed by atoms with Crippen LogP contribution >= 0.6 is 0 Å². The molecule has 27 heavy (non-hydrogen) atoms. The van der Waals surface area contributed by atoms with E-state index >= 15 is 0 Å². The van der Waals surface area contributed by atoms with E-state index in [4.69, 9.17) is 0 Å². The summed E-state index contributed by atoms with van der Waals surface area (Å²) >= 11 is 0. The summed E-state index contributed by atoms with van der Waals surface area (Å²) in [6.45, 7) is 0.786. The second kappa shape index (κ2) is 5.52. The van der Waals surface area contributed by atoms with E-state index in [9.17, 15) is 18.4 Å². The van der Waals surface area contributed by atoms with Crippen molar-refractivity contribution in [1.82, 2.24) is 4.90 Å². The molecule has 6 rings (SSSR count). The monoisotopic (exact) mass is 374 g/mol. The fourth-order valence-electron chi connectivity index (χ4n) is 6.19. The van der Waals surface area contributed by atoms with Crippen LogP contribution in [0, 0.1) is 30.1 Å². The van der Waals surface area contributed by atoms with Crippen molar-refractivity contribution in [3.8, 4) is 0 Å². The molecule has 4 nitrogen and oxygen atoms in total. The molecule has 0 aromatic heterocycles. The summed E-state index contributed by atoms with van der Waals surface area (Å²) in [6, 6.07) is 5.20. The van der Waals surface area contributed by atoms with Crippen LogP contribution in [0.4, 0.5) is 14.5 Å². The predicted molar refractivity (Wildman–Crippen MR) is 96.6 cm³/mol. The lowest BCUT2D eigenvalue weighted by atomic mass is 9.75. The topological polar surface area (TPSA) is 49.4 Å². The third-order valence-electron chi connectivity index (χ3n) is 7.23. The first-order valence-electron chi connectivity index (χ1n) is 9.85. The molecule has 144 valence electrons. The lowest BCUT2D eigenvalue weighted by molar-refractivity contribution is -0.127. The van der Waals surface area contributed by atoms with Gasteiger partial charge in [-0.3, -0.25) is 9.59 Å². The molecule has 1 aromatic carbocycles. The number of anilines is 1. The second-order valence-corrected chi connectivity index (χ2v) is 9.22. The predicted octanol–water partition coefficient (Wildman–Crippen LogP) is 3.85. The zero-order valence-corrected chi connectivity index (χ0v) is 15.4. The number of aryl methyl sites for hydroxylation is 1. The zero-order valence-electron chi connectivity index (χ0n) is 15.4.